The van der Waals surface area contributed by atoms with Gasteiger partial charge in [0.2, 0.25) is 0 Å². The van der Waals surface area contributed by atoms with Gasteiger partial charge in [-0.05, 0) is 13.3 Å². The second kappa shape index (κ2) is 7.78. The Morgan fingerprint density at radius 1 is 1.24 bits per heavy atom. The lowest BCUT2D eigenvalue weighted by Gasteiger charge is -2.14. The lowest BCUT2D eigenvalue weighted by molar-refractivity contribution is -0.140. The summed E-state index contributed by atoms with van der Waals surface area (Å²) in [6.07, 6.45) is 2.50. The van der Waals surface area contributed by atoms with E-state index in [1.807, 2.05) is 0 Å². The number of aryl methyl sites for hydroxylation is 1. The third-order valence-electron chi connectivity index (χ3n) is 2.51. The predicted octanol–water partition coefficient (Wildman–Crippen LogP) is -0.0978. The van der Waals surface area contributed by atoms with E-state index in [1.54, 1.807) is 13.1 Å². The number of hydrogen-bond donors (Lipinski definition) is 4. The molecule has 9 nitrogen and oxygen atoms in total. The van der Waals surface area contributed by atoms with E-state index >= 15 is 0 Å². The fourth-order valence-electron chi connectivity index (χ4n) is 1.42. The van der Waals surface area contributed by atoms with E-state index in [2.05, 4.69) is 20.6 Å². The zero-order valence-electron chi connectivity index (χ0n) is 11.4. The van der Waals surface area contributed by atoms with E-state index in [0.717, 1.165) is 5.69 Å². The zero-order chi connectivity index (χ0) is 15.8. The number of nitrogens with zero attached hydrogens (tertiary/aromatic N) is 2. The molecule has 1 rings (SSSR count). The Labute approximate surface area is 120 Å². The minimum absolute atomic E-state index is 0.0877. The van der Waals surface area contributed by atoms with Gasteiger partial charge in [0.25, 0.3) is 0 Å². The Hall–Kier alpha value is -2.71. The SMILES string of the molecule is Cc1cnc(CNC(=O)N[C@@H](CCC(=O)O)C(=O)O)cn1. The Balaban J connectivity index is 2.44. The molecule has 0 spiro atoms. The summed E-state index contributed by atoms with van der Waals surface area (Å²) in [5.41, 5.74) is 1.26. The van der Waals surface area contributed by atoms with Crippen molar-refractivity contribution in [3.8, 4) is 0 Å². The van der Waals surface area contributed by atoms with Crippen molar-refractivity contribution in [3.05, 3.63) is 23.8 Å². The van der Waals surface area contributed by atoms with E-state index in [1.165, 1.54) is 6.20 Å². The van der Waals surface area contributed by atoms with Crippen LogP contribution in [0, 0.1) is 6.92 Å². The smallest absolute Gasteiger partial charge is 0.326 e. The zero-order valence-corrected chi connectivity index (χ0v) is 11.4. The lowest BCUT2D eigenvalue weighted by atomic mass is 10.1. The molecule has 0 aliphatic carbocycles. The molecule has 0 fully saturated rings. The molecule has 1 aromatic rings. The normalized spacial score (nSPS) is 11.5. The quantitative estimate of drug-likeness (QED) is 0.550. The average Bonchev–Trinajstić information content (AvgIpc) is 2.42. The van der Waals surface area contributed by atoms with Gasteiger partial charge in [-0.1, -0.05) is 0 Å². The van der Waals surface area contributed by atoms with Crippen molar-refractivity contribution in [1.29, 1.82) is 0 Å². The first-order valence-electron chi connectivity index (χ1n) is 6.15. The van der Waals surface area contributed by atoms with Crippen LogP contribution in [-0.2, 0) is 16.1 Å². The average molecular weight is 296 g/mol. The van der Waals surface area contributed by atoms with E-state index in [9.17, 15) is 14.4 Å². The van der Waals surface area contributed by atoms with Gasteiger partial charge in [-0.25, -0.2) is 9.59 Å². The molecule has 0 aliphatic heterocycles. The summed E-state index contributed by atoms with van der Waals surface area (Å²) in [6.45, 7) is 1.86. The number of hydrogen-bond acceptors (Lipinski definition) is 5. The number of carboxylic acids is 2. The van der Waals surface area contributed by atoms with Gasteiger partial charge in [-0.3, -0.25) is 14.8 Å². The number of aliphatic carboxylic acids is 2. The number of amides is 2. The molecule has 1 aromatic heterocycles. The molecule has 0 saturated carbocycles. The number of nitrogens with one attached hydrogen (secondary N) is 2. The van der Waals surface area contributed by atoms with Gasteiger partial charge in [-0.15, -0.1) is 0 Å². The van der Waals surface area contributed by atoms with E-state index in [0.29, 0.717) is 5.69 Å². The molecule has 0 bridgehead atoms. The van der Waals surface area contributed by atoms with E-state index in [4.69, 9.17) is 10.2 Å². The van der Waals surface area contributed by atoms with Gasteiger partial charge < -0.3 is 20.8 Å². The Bertz CT molecular complexity index is 517. The number of carboxylic acid groups (broad SMARTS) is 2. The van der Waals surface area contributed by atoms with Crippen molar-refractivity contribution >= 4 is 18.0 Å². The molecule has 0 saturated heterocycles. The molecule has 9 heteroatoms. The summed E-state index contributed by atoms with van der Waals surface area (Å²) in [4.78, 5) is 40.9. The molecule has 21 heavy (non-hydrogen) atoms. The van der Waals surface area contributed by atoms with Crippen LogP contribution < -0.4 is 10.6 Å². The fourth-order valence-corrected chi connectivity index (χ4v) is 1.42. The number of carbonyl (C=O) groups is 3. The van der Waals surface area contributed by atoms with Crippen LogP contribution in [0.4, 0.5) is 4.79 Å². The van der Waals surface area contributed by atoms with Gasteiger partial charge in [-0.2, -0.15) is 0 Å². The second-order valence-corrected chi connectivity index (χ2v) is 4.30. The van der Waals surface area contributed by atoms with Crippen LogP contribution in [0.1, 0.15) is 24.2 Å². The van der Waals surface area contributed by atoms with Crippen molar-refractivity contribution in [1.82, 2.24) is 20.6 Å². The maximum absolute atomic E-state index is 11.6. The van der Waals surface area contributed by atoms with Gasteiger partial charge in [0.15, 0.2) is 0 Å². The first-order valence-corrected chi connectivity index (χ1v) is 6.15. The minimum atomic E-state index is -1.29. The summed E-state index contributed by atoms with van der Waals surface area (Å²) in [5, 5.41) is 22.0. The standard InChI is InChI=1S/C12H16N4O5/c1-7-4-14-8(5-13-7)6-15-12(21)16-9(11(19)20)2-3-10(17)18/h4-5,9H,2-3,6H2,1H3,(H,17,18)(H,19,20)(H2,15,16,21)/t9-/m0/s1. The molecule has 114 valence electrons. The van der Waals surface area contributed by atoms with Crippen LogP contribution in [0.15, 0.2) is 12.4 Å². The molecule has 4 N–H and O–H groups in total. The van der Waals surface area contributed by atoms with Gasteiger partial charge in [0, 0.05) is 12.6 Å². The third kappa shape index (κ3) is 6.32. The van der Waals surface area contributed by atoms with Gasteiger partial charge in [0.05, 0.1) is 24.1 Å². The summed E-state index contributed by atoms with van der Waals surface area (Å²) in [7, 11) is 0. The molecule has 1 atom stereocenters. The van der Waals surface area contributed by atoms with Gasteiger partial charge >= 0.3 is 18.0 Å². The molecule has 1 heterocycles. The first kappa shape index (κ1) is 16.3. The van der Waals surface area contributed by atoms with Crippen molar-refractivity contribution < 1.29 is 24.6 Å². The lowest BCUT2D eigenvalue weighted by Crippen LogP contribution is -2.46. The monoisotopic (exact) mass is 296 g/mol. The predicted molar refractivity (Wildman–Crippen MR) is 70.4 cm³/mol. The largest absolute Gasteiger partial charge is 0.481 e. The fraction of sp³-hybridized carbons (Fsp3) is 0.417. The molecular weight excluding hydrogens is 280 g/mol. The highest BCUT2D eigenvalue weighted by atomic mass is 16.4. The number of carbonyl (C=O) groups excluding carboxylic acids is 1. The van der Waals surface area contributed by atoms with Crippen LogP contribution in [0.5, 0.6) is 0 Å². The summed E-state index contributed by atoms with van der Waals surface area (Å²) < 4.78 is 0. The maximum atomic E-state index is 11.6. The van der Waals surface area contributed by atoms with Crippen molar-refractivity contribution in [3.63, 3.8) is 0 Å². The van der Waals surface area contributed by atoms with E-state index < -0.39 is 24.0 Å². The number of urea groups is 1. The highest BCUT2D eigenvalue weighted by Gasteiger charge is 2.20. The summed E-state index contributed by atoms with van der Waals surface area (Å²) in [6, 6.07) is -1.97. The molecule has 0 unspecified atom stereocenters. The topological polar surface area (TPSA) is 142 Å². The van der Waals surface area contributed by atoms with Crippen LogP contribution in [0.25, 0.3) is 0 Å². The van der Waals surface area contributed by atoms with Crippen LogP contribution in [0.3, 0.4) is 0 Å². The maximum Gasteiger partial charge on any atom is 0.326 e. The number of rotatable bonds is 7. The van der Waals surface area contributed by atoms with Crippen LogP contribution >= 0.6 is 0 Å². The van der Waals surface area contributed by atoms with Crippen molar-refractivity contribution in [2.24, 2.45) is 0 Å². The van der Waals surface area contributed by atoms with Crippen LogP contribution in [0.2, 0.25) is 0 Å². The summed E-state index contributed by atoms with van der Waals surface area (Å²) in [5.74, 6) is -2.42. The number of aromatic nitrogens is 2. The van der Waals surface area contributed by atoms with E-state index in [-0.39, 0.29) is 19.4 Å². The Morgan fingerprint density at radius 2 is 1.95 bits per heavy atom. The van der Waals surface area contributed by atoms with Crippen molar-refractivity contribution in [2.45, 2.75) is 32.4 Å². The van der Waals surface area contributed by atoms with Crippen molar-refractivity contribution in [2.75, 3.05) is 0 Å². The Kier molecular flexibility index (Phi) is 6.05. The Morgan fingerprint density at radius 3 is 2.48 bits per heavy atom. The second-order valence-electron chi connectivity index (χ2n) is 4.30. The van der Waals surface area contributed by atoms with Crippen LogP contribution in [-0.4, -0.2) is 44.2 Å². The summed E-state index contributed by atoms with van der Waals surface area (Å²) >= 11 is 0. The third-order valence-corrected chi connectivity index (χ3v) is 2.51. The molecule has 0 radical (unpaired) electrons. The molecular formula is C12H16N4O5. The molecule has 0 aromatic carbocycles. The first-order chi connectivity index (χ1) is 9.88. The van der Waals surface area contributed by atoms with Gasteiger partial charge in [0.1, 0.15) is 6.04 Å². The highest BCUT2D eigenvalue weighted by Crippen LogP contribution is 1.98. The highest BCUT2D eigenvalue weighted by molar-refractivity contribution is 5.82. The minimum Gasteiger partial charge on any atom is -0.481 e. The molecule has 0 aliphatic rings. The molecule has 2 amide bonds.